The van der Waals surface area contributed by atoms with Crippen LogP contribution in [0.25, 0.3) is 0 Å². The number of fused-ring (bicyclic) bond motifs is 1. The van der Waals surface area contributed by atoms with Gasteiger partial charge in [0.05, 0.1) is 15.6 Å². The van der Waals surface area contributed by atoms with Crippen molar-refractivity contribution in [3.8, 4) is 0 Å². The number of carbonyl (C=O) groups excluding carboxylic acids is 3. The second kappa shape index (κ2) is 10.3. The van der Waals surface area contributed by atoms with Crippen molar-refractivity contribution in [3.05, 3.63) is 63.6 Å². The molecule has 0 radical (unpaired) electrons. The number of rotatable bonds is 8. The quantitative estimate of drug-likeness (QED) is 0.568. The van der Waals surface area contributed by atoms with Gasteiger partial charge >= 0.3 is 0 Å². The zero-order valence-corrected chi connectivity index (χ0v) is 21.2. The molecule has 2 aromatic rings. The zero-order valence-electron chi connectivity index (χ0n) is 18.9. The summed E-state index contributed by atoms with van der Waals surface area (Å²) in [6.45, 7) is 4.51. The van der Waals surface area contributed by atoms with Crippen LogP contribution in [0.1, 0.15) is 43.1 Å². The minimum atomic E-state index is -4.18. The average molecular weight is 526 g/mol. The van der Waals surface area contributed by atoms with Crippen molar-refractivity contribution in [2.45, 2.75) is 50.7 Å². The molecule has 2 aromatic carbocycles. The van der Waals surface area contributed by atoms with Gasteiger partial charge in [0.25, 0.3) is 15.9 Å². The van der Waals surface area contributed by atoms with Gasteiger partial charge in [-0.2, -0.15) is 0 Å². The second-order valence-corrected chi connectivity index (χ2v) is 10.7. The minimum Gasteiger partial charge on any atom is -0.352 e. The van der Waals surface area contributed by atoms with Crippen molar-refractivity contribution >= 4 is 50.9 Å². The highest BCUT2D eigenvalue weighted by Gasteiger charge is 2.43. The van der Waals surface area contributed by atoms with Gasteiger partial charge in [0, 0.05) is 12.6 Å². The summed E-state index contributed by atoms with van der Waals surface area (Å²) in [5, 5.41) is 3.43. The highest BCUT2D eigenvalue weighted by atomic mass is 35.5. The van der Waals surface area contributed by atoms with Crippen molar-refractivity contribution in [3.63, 3.8) is 0 Å². The molecule has 3 amide bonds. The van der Waals surface area contributed by atoms with E-state index in [1.807, 2.05) is 13.8 Å². The lowest BCUT2D eigenvalue weighted by atomic mass is 10.1. The van der Waals surface area contributed by atoms with Crippen molar-refractivity contribution in [2.75, 3.05) is 6.54 Å². The highest BCUT2D eigenvalue weighted by molar-refractivity contribution is 7.90. The Morgan fingerprint density at radius 1 is 1.09 bits per heavy atom. The van der Waals surface area contributed by atoms with Crippen LogP contribution in [0.5, 0.6) is 0 Å². The van der Waals surface area contributed by atoms with Crippen LogP contribution in [0.3, 0.4) is 0 Å². The van der Waals surface area contributed by atoms with Crippen LogP contribution >= 0.6 is 23.2 Å². The lowest BCUT2D eigenvalue weighted by Crippen LogP contribution is -2.52. The van der Waals surface area contributed by atoms with Crippen LogP contribution in [0.2, 0.25) is 10.0 Å². The molecule has 2 unspecified atom stereocenters. The van der Waals surface area contributed by atoms with Gasteiger partial charge in [0.2, 0.25) is 11.8 Å². The Morgan fingerprint density at radius 2 is 1.76 bits per heavy atom. The molecule has 0 bridgehead atoms. The van der Waals surface area contributed by atoms with E-state index in [4.69, 9.17) is 23.2 Å². The summed E-state index contributed by atoms with van der Waals surface area (Å²) < 4.78 is 26.4. The highest BCUT2D eigenvalue weighted by Crippen LogP contribution is 2.30. The topological polar surface area (TPSA) is 104 Å². The number of nitrogens with one attached hydrogen (secondary N) is 1. The molecule has 34 heavy (non-hydrogen) atoms. The van der Waals surface area contributed by atoms with E-state index >= 15 is 0 Å². The fourth-order valence-corrected chi connectivity index (χ4v) is 5.32. The Bertz CT molecular complexity index is 1230. The number of sulfonamides is 1. The summed E-state index contributed by atoms with van der Waals surface area (Å²) in [6, 6.07) is 9.50. The third-order valence-electron chi connectivity index (χ3n) is 5.70. The third-order valence-corrected chi connectivity index (χ3v) is 8.22. The molecule has 0 saturated heterocycles. The SMILES string of the molecule is CCC(C)NC(=O)C(C)N(Cc1ccc(Cl)c(Cl)c1)C(=O)CN1C(=O)c2ccccc2S1(=O)=O. The zero-order chi connectivity index (χ0) is 25.2. The Morgan fingerprint density at radius 3 is 2.38 bits per heavy atom. The maximum Gasteiger partial charge on any atom is 0.269 e. The molecular weight excluding hydrogens is 501 g/mol. The molecule has 1 heterocycles. The van der Waals surface area contributed by atoms with Gasteiger partial charge in [0.15, 0.2) is 0 Å². The maximum atomic E-state index is 13.4. The molecule has 0 saturated carbocycles. The summed E-state index contributed by atoms with van der Waals surface area (Å²) in [5.41, 5.74) is 0.596. The number of benzene rings is 2. The van der Waals surface area contributed by atoms with Gasteiger partial charge in [-0.3, -0.25) is 14.4 Å². The smallest absolute Gasteiger partial charge is 0.269 e. The Hall–Kier alpha value is -2.62. The average Bonchev–Trinajstić information content (AvgIpc) is 2.99. The predicted molar refractivity (Wildman–Crippen MR) is 129 cm³/mol. The standard InChI is InChI=1S/C23H25Cl2N3O5S/c1-4-14(2)26-22(30)15(3)27(12-16-9-10-18(24)19(25)11-16)21(29)13-28-23(31)17-7-5-6-8-20(17)34(28,32)33/h5-11,14-15H,4,12-13H2,1-3H3,(H,26,30). The molecule has 3 rings (SSSR count). The van der Waals surface area contributed by atoms with Crippen molar-refractivity contribution < 1.29 is 22.8 Å². The van der Waals surface area contributed by atoms with Crippen LogP contribution in [0, 0.1) is 0 Å². The van der Waals surface area contributed by atoms with E-state index in [1.54, 1.807) is 31.2 Å². The minimum absolute atomic E-state index is 0.00824. The van der Waals surface area contributed by atoms with Crippen LogP contribution in [-0.2, 0) is 26.2 Å². The summed E-state index contributed by atoms with van der Waals surface area (Å²) in [4.78, 5) is 40.0. The summed E-state index contributed by atoms with van der Waals surface area (Å²) >= 11 is 12.1. The molecule has 1 aliphatic rings. The molecule has 1 N–H and O–H groups in total. The Balaban J connectivity index is 1.90. The first-order valence-corrected chi connectivity index (χ1v) is 12.9. The van der Waals surface area contributed by atoms with E-state index in [0.717, 1.165) is 0 Å². The van der Waals surface area contributed by atoms with Gasteiger partial charge in [-0.1, -0.05) is 48.3 Å². The molecular formula is C23H25Cl2N3O5S. The molecule has 0 fully saturated rings. The number of carbonyl (C=O) groups is 3. The summed E-state index contributed by atoms with van der Waals surface area (Å²) in [6.07, 6.45) is 0.692. The molecule has 11 heteroatoms. The van der Waals surface area contributed by atoms with Gasteiger partial charge in [-0.05, 0) is 50.1 Å². The first-order valence-electron chi connectivity index (χ1n) is 10.7. The Kier molecular flexibility index (Phi) is 7.90. The number of amides is 3. The summed E-state index contributed by atoms with van der Waals surface area (Å²) in [7, 11) is -4.18. The molecule has 0 aliphatic carbocycles. The maximum absolute atomic E-state index is 13.4. The van der Waals surface area contributed by atoms with E-state index in [2.05, 4.69) is 5.32 Å². The third kappa shape index (κ3) is 5.21. The molecule has 1 aliphatic heterocycles. The van der Waals surface area contributed by atoms with Crippen molar-refractivity contribution in [2.24, 2.45) is 0 Å². The second-order valence-electron chi connectivity index (χ2n) is 8.08. The number of hydrogen-bond acceptors (Lipinski definition) is 5. The van der Waals surface area contributed by atoms with Gasteiger partial charge in [0.1, 0.15) is 17.5 Å². The van der Waals surface area contributed by atoms with E-state index in [9.17, 15) is 22.8 Å². The van der Waals surface area contributed by atoms with Gasteiger partial charge in [-0.25, -0.2) is 12.7 Å². The monoisotopic (exact) mass is 525 g/mol. The van der Waals surface area contributed by atoms with E-state index < -0.39 is 40.3 Å². The van der Waals surface area contributed by atoms with E-state index in [-0.39, 0.29) is 28.1 Å². The van der Waals surface area contributed by atoms with Crippen LogP contribution < -0.4 is 5.32 Å². The molecule has 8 nitrogen and oxygen atoms in total. The first-order chi connectivity index (χ1) is 16.0. The predicted octanol–water partition coefficient (Wildman–Crippen LogP) is 3.47. The van der Waals surface area contributed by atoms with E-state index in [1.165, 1.54) is 23.1 Å². The van der Waals surface area contributed by atoms with Crippen LogP contribution in [0.15, 0.2) is 47.4 Å². The molecule has 0 spiro atoms. The first kappa shape index (κ1) is 26.0. The number of nitrogens with zero attached hydrogens (tertiary/aromatic N) is 2. The Labute approximate surface area is 208 Å². The van der Waals surface area contributed by atoms with E-state index in [0.29, 0.717) is 21.3 Å². The van der Waals surface area contributed by atoms with Crippen LogP contribution in [-0.4, -0.2) is 54.0 Å². The largest absolute Gasteiger partial charge is 0.352 e. The fourth-order valence-electron chi connectivity index (χ4n) is 3.48. The van der Waals surface area contributed by atoms with Crippen molar-refractivity contribution in [1.82, 2.24) is 14.5 Å². The normalized spacial score (nSPS) is 16.0. The fraction of sp³-hybridized carbons (Fsp3) is 0.348. The number of halogens is 2. The molecule has 0 aromatic heterocycles. The molecule has 182 valence electrons. The molecule has 2 atom stereocenters. The van der Waals surface area contributed by atoms with Crippen molar-refractivity contribution in [1.29, 1.82) is 0 Å². The number of hydrogen-bond donors (Lipinski definition) is 1. The van der Waals surface area contributed by atoms with Gasteiger partial charge in [-0.15, -0.1) is 0 Å². The van der Waals surface area contributed by atoms with Crippen LogP contribution in [0.4, 0.5) is 0 Å². The summed E-state index contributed by atoms with van der Waals surface area (Å²) in [5.74, 6) is -1.89. The van der Waals surface area contributed by atoms with Gasteiger partial charge < -0.3 is 10.2 Å². The lowest BCUT2D eigenvalue weighted by molar-refractivity contribution is -0.140. The lowest BCUT2D eigenvalue weighted by Gasteiger charge is -2.31.